The smallest absolute Gasteiger partial charge is 0.183 e. The number of nitrogens with two attached hydrogens (primary N) is 1. The summed E-state index contributed by atoms with van der Waals surface area (Å²) in [6.07, 6.45) is 3.03. The lowest BCUT2D eigenvalue weighted by Gasteiger charge is -2.16. The van der Waals surface area contributed by atoms with E-state index in [2.05, 4.69) is 4.98 Å². The molecule has 0 aromatic carbocycles. The highest BCUT2D eigenvalue weighted by Gasteiger charge is 2.23. The molecule has 1 aromatic heterocycles. The second-order valence-electron chi connectivity index (χ2n) is 3.66. The van der Waals surface area contributed by atoms with Crippen LogP contribution >= 0.6 is 0 Å². The summed E-state index contributed by atoms with van der Waals surface area (Å²) in [5.41, 5.74) is 5.27. The first-order valence-corrected chi connectivity index (χ1v) is 4.28. The lowest BCUT2D eigenvalue weighted by atomic mass is 9.95. The van der Waals surface area contributed by atoms with Gasteiger partial charge in [0.2, 0.25) is 0 Å². The Bertz CT molecular complexity index is 342. The topological polar surface area (TPSA) is 65.2 Å². The van der Waals surface area contributed by atoms with Crippen molar-refractivity contribution in [2.75, 3.05) is 7.11 Å². The van der Waals surface area contributed by atoms with E-state index in [0.29, 0.717) is 11.3 Å². The Morgan fingerprint density at radius 2 is 2.14 bits per heavy atom. The van der Waals surface area contributed by atoms with Crippen LogP contribution in [-0.4, -0.2) is 23.4 Å². The van der Waals surface area contributed by atoms with Crippen LogP contribution in [-0.2, 0) is 0 Å². The van der Waals surface area contributed by atoms with Crippen LogP contribution in [0.3, 0.4) is 0 Å². The van der Waals surface area contributed by atoms with Crippen molar-refractivity contribution in [3.63, 3.8) is 0 Å². The van der Waals surface area contributed by atoms with E-state index in [1.165, 1.54) is 13.3 Å². The molecular weight excluding hydrogens is 180 g/mol. The van der Waals surface area contributed by atoms with Crippen LogP contribution in [0.25, 0.3) is 0 Å². The molecule has 0 aliphatic heterocycles. The van der Waals surface area contributed by atoms with E-state index in [1.54, 1.807) is 26.1 Å². The molecule has 0 unspecified atom stereocenters. The number of aromatic nitrogens is 1. The first-order chi connectivity index (χ1) is 6.45. The number of rotatable bonds is 3. The minimum Gasteiger partial charge on any atom is -0.495 e. The van der Waals surface area contributed by atoms with Gasteiger partial charge in [-0.15, -0.1) is 0 Å². The van der Waals surface area contributed by atoms with Gasteiger partial charge in [-0.05, 0) is 19.9 Å². The van der Waals surface area contributed by atoms with Crippen molar-refractivity contribution in [2.45, 2.75) is 19.4 Å². The Morgan fingerprint density at radius 3 is 2.64 bits per heavy atom. The molecule has 0 fully saturated rings. The summed E-state index contributed by atoms with van der Waals surface area (Å²) in [6.45, 7) is 3.32. The van der Waals surface area contributed by atoms with Gasteiger partial charge in [0.05, 0.1) is 18.8 Å². The molecule has 0 radical (unpaired) electrons. The number of carbonyl (C=O) groups excluding carboxylic acids is 1. The number of nitrogens with zero attached hydrogens (tertiary/aromatic N) is 1. The normalized spacial score (nSPS) is 11.1. The zero-order chi connectivity index (χ0) is 10.8. The van der Waals surface area contributed by atoms with Crippen LogP contribution in [0.2, 0.25) is 0 Å². The van der Waals surface area contributed by atoms with E-state index in [1.807, 2.05) is 0 Å². The Hall–Kier alpha value is -1.42. The minimum atomic E-state index is -0.881. The average Bonchev–Trinajstić information content (AvgIpc) is 2.15. The average molecular weight is 194 g/mol. The number of carbonyl (C=O) groups is 1. The Balaban J connectivity index is 3.02. The zero-order valence-corrected chi connectivity index (χ0v) is 8.57. The van der Waals surface area contributed by atoms with Gasteiger partial charge in [0.25, 0.3) is 0 Å². The number of pyridine rings is 1. The van der Waals surface area contributed by atoms with Crippen molar-refractivity contribution >= 4 is 5.78 Å². The highest BCUT2D eigenvalue weighted by Crippen LogP contribution is 2.14. The van der Waals surface area contributed by atoms with Crippen molar-refractivity contribution in [3.05, 3.63) is 24.0 Å². The molecule has 0 spiro atoms. The molecule has 2 N–H and O–H groups in total. The Morgan fingerprint density at radius 1 is 1.50 bits per heavy atom. The summed E-state index contributed by atoms with van der Waals surface area (Å²) >= 11 is 0. The summed E-state index contributed by atoms with van der Waals surface area (Å²) in [5, 5.41) is 0. The molecule has 4 nitrogen and oxygen atoms in total. The molecule has 0 aliphatic carbocycles. The predicted molar refractivity (Wildman–Crippen MR) is 53.4 cm³/mol. The molecule has 4 heteroatoms. The molecule has 14 heavy (non-hydrogen) atoms. The Kier molecular flexibility index (Phi) is 2.86. The third-order valence-corrected chi connectivity index (χ3v) is 1.80. The van der Waals surface area contributed by atoms with Crippen LogP contribution in [0.1, 0.15) is 24.2 Å². The van der Waals surface area contributed by atoms with Crippen molar-refractivity contribution in [1.29, 1.82) is 0 Å². The number of Topliss-reactive ketones (excluding diaryl/α,β-unsaturated/α-hetero) is 1. The van der Waals surface area contributed by atoms with E-state index >= 15 is 0 Å². The molecule has 0 saturated carbocycles. The summed E-state index contributed by atoms with van der Waals surface area (Å²) in [5.74, 6) is 0.406. The second kappa shape index (κ2) is 3.75. The fourth-order valence-corrected chi connectivity index (χ4v) is 1.03. The molecule has 0 saturated heterocycles. The van der Waals surface area contributed by atoms with Crippen LogP contribution in [0.5, 0.6) is 5.75 Å². The van der Waals surface area contributed by atoms with Crippen LogP contribution < -0.4 is 10.5 Å². The van der Waals surface area contributed by atoms with Gasteiger partial charge in [-0.3, -0.25) is 9.78 Å². The van der Waals surface area contributed by atoms with E-state index in [9.17, 15) is 4.79 Å². The molecular formula is C10H14N2O2. The molecule has 0 amide bonds. The minimum absolute atomic E-state index is 0.149. The second-order valence-corrected chi connectivity index (χ2v) is 3.66. The van der Waals surface area contributed by atoms with Gasteiger partial charge in [-0.25, -0.2) is 0 Å². The van der Waals surface area contributed by atoms with Gasteiger partial charge >= 0.3 is 0 Å². The molecule has 1 aromatic rings. The van der Waals surface area contributed by atoms with E-state index in [4.69, 9.17) is 10.5 Å². The predicted octanol–water partition coefficient (Wildman–Crippen LogP) is 1.01. The SMILES string of the molecule is COc1cncc(C(=O)C(C)(C)N)c1. The van der Waals surface area contributed by atoms with Gasteiger partial charge in [0, 0.05) is 11.8 Å². The third-order valence-electron chi connectivity index (χ3n) is 1.80. The summed E-state index contributed by atoms with van der Waals surface area (Å²) in [4.78, 5) is 15.6. The van der Waals surface area contributed by atoms with Gasteiger partial charge in [0.1, 0.15) is 5.75 Å². The van der Waals surface area contributed by atoms with Crippen molar-refractivity contribution < 1.29 is 9.53 Å². The monoisotopic (exact) mass is 194 g/mol. The number of methoxy groups -OCH3 is 1. The van der Waals surface area contributed by atoms with Gasteiger partial charge < -0.3 is 10.5 Å². The fourth-order valence-electron chi connectivity index (χ4n) is 1.03. The number of ether oxygens (including phenoxy) is 1. The van der Waals surface area contributed by atoms with Gasteiger partial charge in [-0.1, -0.05) is 0 Å². The lowest BCUT2D eigenvalue weighted by Crippen LogP contribution is -2.41. The van der Waals surface area contributed by atoms with Gasteiger partial charge in [0.15, 0.2) is 5.78 Å². The van der Waals surface area contributed by atoms with Crippen LogP contribution in [0.15, 0.2) is 18.5 Å². The maximum absolute atomic E-state index is 11.7. The molecule has 1 rings (SSSR count). The number of ketones is 1. The van der Waals surface area contributed by atoms with E-state index in [-0.39, 0.29) is 5.78 Å². The summed E-state index contributed by atoms with van der Waals surface area (Å²) < 4.78 is 4.96. The summed E-state index contributed by atoms with van der Waals surface area (Å²) in [6, 6.07) is 1.63. The standard InChI is InChI=1S/C10H14N2O2/c1-10(2,11)9(13)7-4-8(14-3)6-12-5-7/h4-6H,11H2,1-3H3. The molecule has 1 heterocycles. The first kappa shape index (κ1) is 10.7. The molecule has 0 aliphatic rings. The zero-order valence-electron chi connectivity index (χ0n) is 8.57. The highest BCUT2D eigenvalue weighted by molar-refractivity contribution is 6.02. The van der Waals surface area contributed by atoms with Gasteiger partial charge in [-0.2, -0.15) is 0 Å². The van der Waals surface area contributed by atoms with E-state index < -0.39 is 5.54 Å². The Labute approximate surface area is 83.1 Å². The quantitative estimate of drug-likeness (QED) is 0.729. The maximum Gasteiger partial charge on any atom is 0.183 e. The van der Waals surface area contributed by atoms with Crippen molar-refractivity contribution in [1.82, 2.24) is 4.98 Å². The first-order valence-electron chi connectivity index (χ1n) is 4.28. The maximum atomic E-state index is 11.7. The fraction of sp³-hybridized carbons (Fsp3) is 0.400. The highest BCUT2D eigenvalue weighted by atomic mass is 16.5. The lowest BCUT2D eigenvalue weighted by molar-refractivity contribution is 0.0913. The largest absolute Gasteiger partial charge is 0.495 e. The summed E-state index contributed by atoms with van der Waals surface area (Å²) in [7, 11) is 1.53. The van der Waals surface area contributed by atoms with Crippen LogP contribution in [0, 0.1) is 0 Å². The molecule has 0 atom stereocenters. The molecule has 0 bridgehead atoms. The number of hydrogen-bond acceptors (Lipinski definition) is 4. The number of hydrogen-bond donors (Lipinski definition) is 1. The van der Waals surface area contributed by atoms with E-state index in [0.717, 1.165) is 0 Å². The van der Waals surface area contributed by atoms with Crippen molar-refractivity contribution in [3.8, 4) is 5.75 Å². The molecule has 76 valence electrons. The third kappa shape index (κ3) is 2.29. The van der Waals surface area contributed by atoms with Crippen LogP contribution in [0.4, 0.5) is 0 Å². The van der Waals surface area contributed by atoms with Crippen molar-refractivity contribution in [2.24, 2.45) is 5.73 Å².